The third-order valence-electron chi connectivity index (χ3n) is 4.87. The zero-order chi connectivity index (χ0) is 20.8. The Labute approximate surface area is 173 Å². The lowest BCUT2D eigenvalue weighted by Crippen LogP contribution is -2.50. The fourth-order valence-corrected chi connectivity index (χ4v) is 4.21. The van der Waals surface area contributed by atoms with E-state index in [1.165, 1.54) is 24.3 Å². The van der Waals surface area contributed by atoms with Crippen LogP contribution in [0.2, 0.25) is 0 Å². The van der Waals surface area contributed by atoms with Gasteiger partial charge in [-0.1, -0.05) is 5.16 Å². The summed E-state index contributed by atoms with van der Waals surface area (Å²) in [4.78, 5) is 28.4. The Morgan fingerprint density at radius 2 is 1.86 bits per heavy atom. The molecule has 0 spiro atoms. The molecule has 1 aromatic heterocycles. The molecule has 1 aliphatic heterocycles. The summed E-state index contributed by atoms with van der Waals surface area (Å²) in [5, 5.41) is 6.68. The second-order valence-electron chi connectivity index (χ2n) is 7.01. The standard InChI is InChI=1S/C20H25FN4O3S/c1-14-18(15(2)28-23-14)12-29-13-20(27)25-9-7-24(8-10-25)11-19(26)22-17-5-3-16(21)4-6-17/h3-6H,7-13H2,1-2H3,(H,22,26). The van der Waals surface area contributed by atoms with E-state index in [4.69, 9.17) is 4.52 Å². The van der Waals surface area contributed by atoms with Crippen molar-refractivity contribution in [2.45, 2.75) is 19.6 Å². The minimum Gasteiger partial charge on any atom is -0.361 e. The number of hydrogen-bond donors (Lipinski definition) is 1. The first-order chi connectivity index (χ1) is 13.9. The zero-order valence-electron chi connectivity index (χ0n) is 16.6. The minimum absolute atomic E-state index is 0.108. The molecular formula is C20H25FN4O3S. The second kappa shape index (κ2) is 9.89. The number of rotatable bonds is 7. The Hall–Kier alpha value is -2.39. The van der Waals surface area contributed by atoms with Crippen LogP contribution in [0.4, 0.5) is 10.1 Å². The van der Waals surface area contributed by atoms with E-state index in [-0.39, 0.29) is 24.2 Å². The lowest BCUT2D eigenvalue weighted by molar-refractivity contribution is -0.130. The highest BCUT2D eigenvalue weighted by molar-refractivity contribution is 7.99. The highest BCUT2D eigenvalue weighted by Gasteiger charge is 2.22. The second-order valence-corrected chi connectivity index (χ2v) is 7.99. The SMILES string of the molecule is Cc1noc(C)c1CSCC(=O)N1CCN(CC(=O)Nc2ccc(F)cc2)CC1. The Morgan fingerprint density at radius 3 is 2.48 bits per heavy atom. The number of halogens is 1. The van der Waals surface area contributed by atoms with Gasteiger partial charge >= 0.3 is 0 Å². The van der Waals surface area contributed by atoms with Crippen molar-refractivity contribution < 1.29 is 18.5 Å². The first-order valence-corrected chi connectivity index (χ1v) is 10.6. The highest BCUT2D eigenvalue weighted by atomic mass is 32.2. The maximum atomic E-state index is 12.9. The number of aryl methyl sites for hydroxylation is 2. The number of hydrogen-bond acceptors (Lipinski definition) is 6. The summed E-state index contributed by atoms with van der Waals surface area (Å²) < 4.78 is 18.1. The van der Waals surface area contributed by atoms with Crippen LogP contribution >= 0.6 is 11.8 Å². The van der Waals surface area contributed by atoms with Crippen LogP contribution < -0.4 is 5.32 Å². The van der Waals surface area contributed by atoms with Crippen LogP contribution in [0.1, 0.15) is 17.0 Å². The van der Waals surface area contributed by atoms with Gasteiger partial charge in [0.1, 0.15) is 11.6 Å². The molecule has 0 saturated carbocycles. The van der Waals surface area contributed by atoms with E-state index >= 15 is 0 Å². The fraction of sp³-hybridized carbons (Fsp3) is 0.450. The highest BCUT2D eigenvalue weighted by Crippen LogP contribution is 2.20. The first-order valence-electron chi connectivity index (χ1n) is 9.47. The van der Waals surface area contributed by atoms with Gasteiger partial charge < -0.3 is 14.7 Å². The fourth-order valence-electron chi connectivity index (χ4n) is 3.13. The largest absolute Gasteiger partial charge is 0.361 e. The van der Waals surface area contributed by atoms with Crippen molar-refractivity contribution in [3.05, 3.63) is 47.1 Å². The average Bonchev–Trinajstić information content (AvgIpc) is 3.02. The van der Waals surface area contributed by atoms with E-state index in [0.717, 1.165) is 17.0 Å². The summed E-state index contributed by atoms with van der Waals surface area (Å²) in [6.45, 7) is 6.54. The van der Waals surface area contributed by atoms with Gasteiger partial charge in [-0.3, -0.25) is 14.5 Å². The average molecular weight is 421 g/mol. The van der Waals surface area contributed by atoms with Gasteiger partial charge in [-0.15, -0.1) is 11.8 Å². The summed E-state index contributed by atoms with van der Waals surface area (Å²) in [6.07, 6.45) is 0. The minimum atomic E-state index is -0.339. The van der Waals surface area contributed by atoms with Crippen molar-refractivity contribution in [3.63, 3.8) is 0 Å². The number of anilines is 1. The molecule has 1 saturated heterocycles. The molecule has 0 atom stereocenters. The Morgan fingerprint density at radius 1 is 1.17 bits per heavy atom. The van der Waals surface area contributed by atoms with Crippen molar-refractivity contribution in [1.82, 2.24) is 15.0 Å². The van der Waals surface area contributed by atoms with Crippen LogP contribution in [-0.2, 0) is 15.3 Å². The van der Waals surface area contributed by atoms with Gasteiger partial charge in [0.2, 0.25) is 11.8 Å². The molecule has 7 nitrogen and oxygen atoms in total. The zero-order valence-corrected chi connectivity index (χ0v) is 17.4. The van der Waals surface area contributed by atoms with E-state index in [2.05, 4.69) is 10.5 Å². The molecule has 0 radical (unpaired) electrons. The topological polar surface area (TPSA) is 78.7 Å². The molecule has 29 heavy (non-hydrogen) atoms. The molecule has 1 aromatic carbocycles. The molecular weight excluding hydrogens is 395 g/mol. The number of benzene rings is 1. The number of carbonyl (C=O) groups is 2. The van der Waals surface area contributed by atoms with Crippen LogP contribution in [0, 0.1) is 19.7 Å². The number of amides is 2. The molecule has 1 N–H and O–H groups in total. The van der Waals surface area contributed by atoms with Crippen LogP contribution in [0.5, 0.6) is 0 Å². The predicted octanol–water partition coefficient (Wildman–Crippen LogP) is 2.45. The van der Waals surface area contributed by atoms with Crippen LogP contribution in [0.3, 0.4) is 0 Å². The van der Waals surface area contributed by atoms with E-state index in [1.54, 1.807) is 11.8 Å². The molecule has 156 valence electrons. The summed E-state index contributed by atoms with van der Waals surface area (Å²) in [7, 11) is 0. The van der Waals surface area contributed by atoms with Crippen molar-refractivity contribution in [2.24, 2.45) is 0 Å². The van der Waals surface area contributed by atoms with Crippen molar-refractivity contribution in [3.8, 4) is 0 Å². The molecule has 3 rings (SSSR count). The van der Waals surface area contributed by atoms with Crippen molar-refractivity contribution >= 4 is 29.3 Å². The van der Waals surface area contributed by atoms with Gasteiger partial charge in [-0.05, 0) is 38.1 Å². The van der Waals surface area contributed by atoms with E-state index in [9.17, 15) is 14.0 Å². The monoisotopic (exact) mass is 420 g/mol. The van der Waals surface area contributed by atoms with Crippen molar-refractivity contribution in [1.29, 1.82) is 0 Å². The van der Waals surface area contributed by atoms with E-state index in [1.807, 2.05) is 23.6 Å². The first kappa shape index (κ1) is 21.3. The normalized spacial score (nSPS) is 14.8. The Bertz CT molecular complexity index is 828. The lowest BCUT2D eigenvalue weighted by Gasteiger charge is -2.34. The van der Waals surface area contributed by atoms with Gasteiger partial charge in [-0.2, -0.15) is 0 Å². The molecule has 0 bridgehead atoms. The number of aromatic nitrogens is 1. The molecule has 2 aromatic rings. The van der Waals surface area contributed by atoms with Crippen LogP contribution in [0.15, 0.2) is 28.8 Å². The predicted molar refractivity (Wildman–Crippen MR) is 110 cm³/mol. The molecule has 1 aliphatic rings. The smallest absolute Gasteiger partial charge is 0.238 e. The molecule has 9 heteroatoms. The summed E-state index contributed by atoms with van der Waals surface area (Å²) in [5.74, 6) is 1.54. The molecule has 1 fully saturated rings. The van der Waals surface area contributed by atoms with Gasteiger partial charge in [0.05, 0.1) is 18.0 Å². The third-order valence-corrected chi connectivity index (χ3v) is 5.82. The third kappa shape index (κ3) is 6.04. The maximum absolute atomic E-state index is 12.9. The molecule has 0 aliphatic carbocycles. The van der Waals surface area contributed by atoms with Gasteiger partial charge in [-0.25, -0.2) is 4.39 Å². The van der Waals surface area contributed by atoms with Crippen LogP contribution in [0.25, 0.3) is 0 Å². The number of nitrogens with zero attached hydrogens (tertiary/aromatic N) is 3. The summed E-state index contributed by atoms with van der Waals surface area (Å²) in [5.41, 5.74) is 2.50. The molecule has 0 unspecified atom stereocenters. The number of piperazine rings is 1. The maximum Gasteiger partial charge on any atom is 0.238 e. The molecule has 2 amide bonds. The van der Waals surface area contributed by atoms with E-state index < -0.39 is 0 Å². The quantitative estimate of drug-likeness (QED) is 0.741. The number of thioether (sulfide) groups is 1. The number of carbonyl (C=O) groups excluding carboxylic acids is 2. The van der Waals surface area contributed by atoms with Gasteiger partial charge in [0, 0.05) is 43.2 Å². The summed E-state index contributed by atoms with van der Waals surface area (Å²) >= 11 is 1.56. The van der Waals surface area contributed by atoms with E-state index in [0.29, 0.717) is 43.4 Å². The Kier molecular flexibility index (Phi) is 7.27. The Balaban J connectivity index is 1.36. The van der Waals surface area contributed by atoms with Gasteiger partial charge in [0.25, 0.3) is 0 Å². The van der Waals surface area contributed by atoms with Gasteiger partial charge in [0.15, 0.2) is 0 Å². The van der Waals surface area contributed by atoms with Crippen LogP contribution in [-0.4, -0.2) is 65.2 Å². The number of nitrogens with one attached hydrogen (secondary N) is 1. The molecule has 2 heterocycles. The lowest BCUT2D eigenvalue weighted by atomic mass is 10.2. The van der Waals surface area contributed by atoms with Crippen molar-refractivity contribution in [2.75, 3.05) is 43.8 Å². The summed E-state index contributed by atoms with van der Waals surface area (Å²) in [6, 6.07) is 5.68.